The van der Waals surface area contributed by atoms with E-state index < -0.39 is 5.82 Å². The molecule has 0 aliphatic rings. The summed E-state index contributed by atoms with van der Waals surface area (Å²) in [7, 11) is 0. The van der Waals surface area contributed by atoms with Gasteiger partial charge in [0.1, 0.15) is 0 Å². The topological polar surface area (TPSA) is 55.6 Å². The van der Waals surface area contributed by atoms with Gasteiger partial charge in [0.15, 0.2) is 18.2 Å². The van der Waals surface area contributed by atoms with Crippen LogP contribution in [0, 0.1) is 12.7 Å². The van der Waals surface area contributed by atoms with Crippen LogP contribution < -0.4 is 10.5 Å². The van der Waals surface area contributed by atoms with Crippen LogP contribution in [-0.4, -0.2) is 30.5 Å². The van der Waals surface area contributed by atoms with Crippen LogP contribution in [0.25, 0.3) is 0 Å². The fraction of sp³-hybridized carbons (Fsp3) is 0.462. The number of nitrogen functional groups attached to an aromatic ring is 1. The first-order valence-corrected chi connectivity index (χ1v) is 5.95. The molecule has 0 atom stereocenters. The molecule has 0 aromatic heterocycles. The highest BCUT2D eigenvalue weighted by Crippen LogP contribution is 2.23. The van der Waals surface area contributed by atoms with Crippen LogP contribution in [0.1, 0.15) is 19.4 Å². The number of carbonyl (C=O) groups excluding carboxylic acids is 1. The van der Waals surface area contributed by atoms with Gasteiger partial charge in [-0.3, -0.25) is 4.79 Å². The lowest BCUT2D eigenvalue weighted by Crippen LogP contribution is -2.34. The van der Waals surface area contributed by atoms with Crippen molar-refractivity contribution >= 4 is 11.6 Å². The highest BCUT2D eigenvalue weighted by Gasteiger charge is 2.12. The lowest BCUT2D eigenvalue weighted by atomic mass is 10.2. The van der Waals surface area contributed by atoms with E-state index in [9.17, 15) is 9.18 Å². The van der Waals surface area contributed by atoms with Crippen molar-refractivity contribution in [2.45, 2.75) is 20.8 Å². The second-order valence-electron chi connectivity index (χ2n) is 3.99. The third kappa shape index (κ3) is 3.35. The smallest absolute Gasteiger partial charge is 0.260 e. The number of nitrogens with zero attached hydrogens (tertiary/aromatic N) is 1. The number of carbonyl (C=O) groups is 1. The molecule has 0 saturated heterocycles. The Morgan fingerprint density at radius 3 is 2.56 bits per heavy atom. The number of halogens is 1. The van der Waals surface area contributed by atoms with Crippen LogP contribution in [0.2, 0.25) is 0 Å². The van der Waals surface area contributed by atoms with Crippen LogP contribution in [0.3, 0.4) is 0 Å². The lowest BCUT2D eigenvalue weighted by molar-refractivity contribution is -0.133. The van der Waals surface area contributed by atoms with E-state index in [-0.39, 0.29) is 18.3 Å². The molecule has 5 heteroatoms. The second kappa shape index (κ2) is 6.23. The maximum atomic E-state index is 13.5. The van der Waals surface area contributed by atoms with Crippen molar-refractivity contribution in [1.29, 1.82) is 0 Å². The maximum absolute atomic E-state index is 13.5. The molecule has 0 aliphatic heterocycles. The number of nitrogens with two attached hydrogens (primary N) is 1. The monoisotopic (exact) mass is 254 g/mol. The number of amides is 1. The summed E-state index contributed by atoms with van der Waals surface area (Å²) in [6.45, 7) is 6.59. The summed E-state index contributed by atoms with van der Waals surface area (Å²) < 4.78 is 18.7. The molecule has 1 amide bonds. The SMILES string of the molecule is CCN(CC)C(=O)COc1cc(C)c(N)cc1F. The van der Waals surface area contributed by atoms with E-state index in [2.05, 4.69) is 0 Å². The predicted octanol–water partition coefficient (Wildman–Crippen LogP) is 1.96. The van der Waals surface area contributed by atoms with Gasteiger partial charge in [-0.25, -0.2) is 4.39 Å². The van der Waals surface area contributed by atoms with Crippen LogP contribution >= 0.6 is 0 Å². The summed E-state index contributed by atoms with van der Waals surface area (Å²) in [5.41, 5.74) is 6.66. The van der Waals surface area contributed by atoms with Gasteiger partial charge < -0.3 is 15.4 Å². The largest absolute Gasteiger partial charge is 0.481 e. The van der Waals surface area contributed by atoms with Gasteiger partial charge in [-0.1, -0.05) is 0 Å². The van der Waals surface area contributed by atoms with Gasteiger partial charge >= 0.3 is 0 Å². The van der Waals surface area contributed by atoms with Crippen molar-refractivity contribution in [1.82, 2.24) is 4.90 Å². The molecule has 100 valence electrons. The molecule has 18 heavy (non-hydrogen) atoms. The van der Waals surface area contributed by atoms with Gasteiger partial charge in [0.25, 0.3) is 5.91 Å². The van der Waals surface area contributed by atoms with Gasteiger partial charge in [0, 0.05) is 24.8 Å². The summed E-state index contributed by atoms with van der Waals surface area (Å²) in [6.07, 6.45) is 0. The molecule has 0 fully saturated rings. The minimum atomic E-state index is -0.551. The van der Waals surface area contributed by atoms with E-state index >= 15 is 0 Å². The second-order valence-corrected chi connectivity index (χ2v) is 3.99. The van der Waals surface area contributed by atoms with Gasteiger partial charge in [0.05, 0.1) is 0 Å². The summed E-state index contributed by atoms with van der Waals surface area (Å²) in [4.78, 5) is 13.3. The van der Waals surface area contributed by atoms with Crippen LogP contribution in [0.15, 0.2) is 12.1 Å². The Labute approximate surface area is 107 Å². The molecule has 1 rings (SSSR count). The number of likely N-dealkylation sites (N-methyl/N-ethyl adjacent to an activating group) is 1. The van der Waals surface area contributed by atoms with Gasteiger partial charge in [-0.2, -0.15) is 0 Å². The molecule has 1 aromatic rings. The average molecular weight is 254 g/mol. The Bertz CT molecular complexity index is 431. The summed E-state index contributed by atoms with van der Waals surface area (Å²) in [6, 6.07) is 2.70. The number of aryl methyl sites for hydroxylation is 1. The fourth-order valence-corrected chi connectivity index (χ4v) is 1.59. The van der Waals surface area contributed by atoms with E-state index in [1.807, 2.05) is 13.8 Å². The quantitative estimate of drug-likeness (QED) is 0.817. The Morgan fingerprint density at radius 1 is 1.39 bits per heavy atom. The van der Waals surface area contributed by atoms with E-state index in [4.69, 9.17) is 10.5 Å². The normalized spacial score (nSPS) is 10.2. The minimum absolute atomic E-state index is 0.0576. The molecular formula is C13H19FN2O2. The summed E-state index contributed by atoms with van der Waals surface area (Å²) in [5, 5.41) is 0. The predicted molar refractivity (Wildman–Crippen MR) is 69.0 cm³/mol. The van der Waals surface area contributed by atoms with Crippen molar-refractivity contribution in [3.8, 4) is 5.75 Å². The number of hydrogen-bond acceptors (Lipinski definition) is 3. The molecule has 1 aromatic carbocycles. The first kappa shape index (κ1) is 14.3. The van der Waals surface area contributed by atoms with Crippen LogP contribution in [0.5, 0.6) is 5.75 Å². The standard InChI is InChI=1S/C13H19FN2O2/c1-4-16(5-2)13(17)8-18-12-6-9(3)11(15)7-10(12)14/h6-7H,4-5,8,15H2,1-3H3. The third-order valence-corrected chi connectivity index (χ3v) is 2.79. The Morgan fingerprint density at radius 2 is 2.00 bits per heavy atom. The summed E-state index contributed by atoms with van der Waals surface area (Å²) >= 11 is 0. The molecule has 4 nitrogen and oxygen atoms in total. The first-order chi connectivity index (χ1) is 8.49. The Balaban J connectivity index is 2.69. The number of benzene rings is 1. The Kier molecular flexibility index (Phi) is 4.95. The number of rotatable bonds is 5. The molecular weight excluding hydrogens is 235 g/mol. The number of ether oxygens (including phenoxy) is 1. The van der Waals surface area contributed by atoms with Crippen molar-refractivity contribution in [3.05, 3.63) is 23.5 Å². The van der Waals surface area contributed by atoms with Crippen molar-refractivity contribution in [3.63, 3.8) is 0 Å². The molecule has 2 N–H and O–H groups in total. The molecule has 0 saturated carbocycles. The zero-order valence-electron chi connectivity index (χ0n) is 11.0. The number of anilines is 1. The zero-order valence-corrected chi connectivity index (χ0v) is 11.0. The van der Waals surface area contributed by atoms with E-state index in [1.165, 1.54) is 12.1 Å². The third-order valence-electron chi connectivity index (χ3n) is 2.79. The van der Waals surface area contributed by atoms with Crippen molar-refractivity contribution in [2.24, 2.45) is 0 Å². The van der Waals surface area contributed by atoms with E-state index in [0.29, 0.717) is 18.8 Å². The highest BCUT2D eigenvalue weighted by molar-refractivity contribution is 5.77. The van der Waals surface area contributed by atoms with Gasteiger partial charge in [0.2, 0.25) is 0 Å². The average Bonchev–Trinajstić information content (AvgIpc) is 2.33. The van der Waals surface area contributed by atoms with E-state index in [0.717, 1.165) is 5.56 Å². The van der Waals surface area contributed by atoms with Crippen LogP contribution in [-0.2, 0) is 4.79 Å². The Hall–Kier alpha value is -1.78. The van der Waals surface area contributed by atoms with E-state index in [1.54, 1.807) is 11.8 Å². The maximum Gasteiger partial charge on any atom is 0.260 e. The van der Waals surface area contributed by atoms with Crippen molar-refractivity contribution in [2.75, 3.05) is 25.4 Å². The fourth-order valence-electron chi connectivity index (χ4n) is 1.59. The molecule has 0 spiro atoms. The summed E-state index contributed by atoms with van der Waals surface area (Å²) in [5.74, 6) is -0.651. The number of hydrogen-bond donors (Lipinski definition) is 1. The van der Waals surface area contributed by atoms with Gasteiger partial charge in [-0.05, 0) is 32.4 Å². The zero-order chi connectivity index (χ0) is 13.7. The molecule has 0 radical (unpaired) electrons. The molecule has 0 aliphatic carbocycles. The first-order valence-electron chi connectivity index (χ1n) is 5.95. The lowest BCUT2D eigenvalue weighted by Gasteiger charge is -2.19. The van der Waals surface area contributed by atoms with Crippen LogP contribution in [0.4, 0.5) is 10.1 Å². The molecule has 0 unspecified atom stereocenters. The highest BCUT2D eigenvalue weighted by atomic mass is 19.1. The van der Waals surface area contributed by atoms with Gasteiger partial charge in [-0.15, -0.1) is 0 Å². The molecule has 0 heterocycles. The van der Waals surface area contributed by atoms with Crippen molar-refractivity contribution < 1.29 is 13.9 Å². The minimum Gasteiger partial charge on any atom is -0.481 e. The molecule has 0 bridgehead atoms.